The standard InChI is InChI=1S/C28H27N5O2S2/c1-17-8-13-22-24(14-17)37-27(30-22)20-9-11-21(12-10-20)29-26(34)16-36-28-32-31-25(33(28)4)15-35-23-7-5-6-18(2)19(23)3/h5-14H,15-16H2,1-4H3,(H,29,34). The highest BCUT2D eigenvalue weighted by molar-refractivity contribution is 7.99. The van der Waals surface area contributed by atoms with Crippen LogP contribution in [0.15, 0.2) is 65.8 Å². The van der Waals surface area contributed by atoms with E-state index in [1.54, 1.807) is 11.3 Å². The van der Waals surface area contributed by atoms with Gasteiger partial charge in [0.1, 0.15) is 17.4 Å². The molecule has 0 spiro atoms. The summed E-state index contributed by atoms with van der Waals surface area (Å²) >= 11 is 3.01. The number of thioether (sulfide) groups is 1. The monoisotopic (exact) mass is 529 g/mol. The van der Waals surface area contributed by atoms with Crippen molar-refractivity contribution in [1.29, 1.82) is 0 Å². The number of anilines is 1. The second-order valence-corrected chi connectivity index (χ2v) is 10.8. The minimum absolute atomic E-state index is 0.107. The van der Waals surface area contributed by atoms with Gasteiger partial charge in [-0.2, -0.15) is 0 Å². The maximum absolute atomic E-state index is 12.6. The fourth-order valence-corrected chi connectivity index (χ4v) is 5.60. The van der Waals surface area contributed by atoms with Crippen molar-refractivity contribution in [1.82, 2.24) is 19.7 Å². The van der Waals surface area contributed by atoms with Gasteiger partial charge >= 0.3 is 0 Å². The zero-order valence-corrected chi connectivity index (χ0v) is 22.7. The summed E-state index contributed by atoms with van der Waals surface area (Å²) in [6.07, 6.45) is 0. The van der Waals surface area contributed by atoms with Crippen molar-refractivity contribution in [2.45, 2.75) is 32.5 Å². The molecule has 0 aliphatic heterocycles. The minimum Gasteiger partial charge on any atom is -0.485 e. The van der Waals surface area contributed by atoms with E-state index in [9.17, 15) is 4.79 Å². The molecule has 1 amide bonds. The highest BCUT2D eigenvalue weighted by Gasteiger charge is 2.13. The first-order valence-electron chi connectivity index (χ1n) is 11.8. The van der Waals surface area contributed by atoms with E-state index < -0.39 is 0 Å². The highest BCUT2D eigenvalue weighted by atomic mass is 32.2. The van der Waals surface area contributed by atoms with Crippen molar-refractivity contribution >= 4 is 44.9 Å². The number of amides is 1. The predicted octanol–water partition coefficient (Wildman–Crippen LogP) is 6.33. The molecule has 0 radical (unpaired) electrons. The molecule has 7 nitrogen and oxygen atoms in total. The maximum Gasteiger partial charge on any atom is 0.234 e. The topological polar surface area (TPSA) is 81.9 Å². The molecule has 0 saturated heterocycles. The van der Waals surface area contributed by atoms with Crippen LogP contribution < -0.4 is 10.1 Å². The molecule has 0 fully saturated rings. The third-order valence-electron chi connectivity index (χ3n) is 6.13. The van der Waals surface area contributed by atoms with E-state index in [-0.39, 0.29) is 11.7 Å². The largest absolute Gasteiger partial charge is 0.485 e. The van der Waals surface area contributed by atoms with Gasteiger partial charge in [-0.15, -0.1) is 21.5 Å². The molecule has 1 N–H and O–H groups in total. The van der Waals surface area contributed by atoms with Crippen LogP contribution in [0.4, 0.5) is 5.69 Å². The Morgan fingerprint density at radius 3 is 2.68 bits per heavy atom. The van der Waals surface area contributed by atoms with E-state index in [2.05, 4.69) is 53.6 Å². The van der Waals surface area contributed by atoms with Gasteiger partial charge in [0, 0.05) is 18.3 Å². The van der Waals surface area contributed by atoms with Gasteiger partial charge in [-0.25, -0.2) is 4.98 Å². The summed E-state index contributed by atoms with van der Waals surface area (Å²) in [6.45, 7) is 6.49. The Labute approximate surface area is 223 Å². The Bertz CT molecular complexity index is 1570. The third kappa shape index (κ3) is 5.68. The van der Waals surface area contributed by atoms with Crippen LogP contribution in [0.1, 0.15) is 22.5 Å². The number of benzene rings is 3. The first kappa shape index (κ1) is 25.0. The molecule has 2 heterocycles. The summed E-state index contributed by atoms with van der Waals surface area (Å²) in [5, 5.41) is 13.0. The molecule has 0 atom stereocenters. The number of carbonyl (C=O) groups excluding carboxylic acids is 1. The average molecular weight is 530 g/mol. The van der Waals surface area contributed by atoms with Gasteiger partial charge in [0.25, 0.3) is 0 Å². The van der Waals surface area contributed by atoms with E-state index in [1.807, 2.05) is 54.9 Å². The van der Waals surface area contributed by atoms with Gasteiger partial charge in [-0.3, -0.25) is 4.79 Å². The summed E-state index contributed by atoms with van der Waals surface area (Å²) < 4.78 is 8.98. The number of hydrogen-bond donors (Lipinski definition) is 1. The van der Waals surface area contributed by atoms with Crippen LogP contribution in [0, 0.1) is 20.8 Å². The van der Waals surface area contributed by atoms with Crippen LogP contribution in [-0.2, 0) is 18.4 Å². The molecule has 5 rings (SSSR count). The molecule has 3 aromatic carbocycles. The molecule has 37 heavy (non-hydrogen) atoms. The summed E-state index contributed by atoms with van der Waals surface area (Å²) in [6, 6.07) is 20.0. The normalized spacial score (nSPS) is 11.1. The van der Waals surface area contributed by atoms with E-state index in [1.165, 1.54) is 27.6 Å². The van der Waals surface area contributed by atoms with E-state index >= 15 is 0 Å². The Morgan fingerprint density at radius 1 is 1.05 bits per heavy atom. The first-order chi connectivity index (χ1) is 17.9. The number of thiazole rings is 1. The van der Waals surface area contributed by atoms with Crippen LogP contribution in [0.5, 0.6) is 5.75 Å². The molecule has 2 aromatic heterocycles. The predicted molar refractivity (Wildman–Crippen MR) is 150 cm³/mol. The molecule has 188 valence electrons. The Kier molecular flexibility index (Phi) is 7.25. The quantitative estimate of drug-likeness (QED) is 0.237. The fraction of sp³-hybridized carbons (Fsp3) is 0.214. The van der Waals surface area contributed by atoms with E-state index in [0.29, 0.717) is 17.6 Å². The number of carbonyl (C=O) groups is 1. The van der Waals surface area contributed by atoms with Crippen LogP contribution in [0.2, 0.25) is 0 Å². The lowest BCUT2D eigenvalue weighted by atomic mass is 10.1. The van der Waals surface area contributed by atoms with Gasteiger partial charge in [-0.1, -0.05) is 30.0 Å². The van der Waals surface area contributed by atoms with E-state index in [4.69, 9.17) is 9.72 Å². The summed E-state index contributed by atoms with van der Waals surface area (Å²) in [4.78, 5) is 17.3. The molecule has 0 aliphatic carbocycles. The van der Waals surface area contributed by atoms with Crippen molar-refractivity contribution in [3.63, 3.8) is 0 Å². The van der Waals surface area contributed by atoms with Crippen molar-refractivity contribution in [3.05, 3.63) is 83.2 Å². The zero-order valence-electron chi connectivity index (χ0n) is 21.1. The molecule has 0 bridgehead atoms. The van der Waals surface area contributed by atoms with Crippen molar-refractivity contribution < 1.29 is 9.53 Å². The SMILES string of the molecule is Cc1ccc2nc(-c3ccc(NC(=O)CSc4nnc(COc5cccc(C)c5C)n4C)cc3)sc2c1. The zero-order chi connectivity index (χ0) is 25.9. The Hall–Kier alpha value is -3.69. The van der Waals surface area contributed by atoms with Gasteiger partial charge in [0.15, 0.2) is 11.0 Å². The number of aromatic nitrogens is 4. The van der Waals surface area contributed by atoms with Gasteiger partial charge in [-0.05, 0) is 79.9 Å². The Morgan fingerprint density at radius 2 is 1.86 bits per heavy atom. The van der Waals surface area contributed by atoms with Crippen molar-refractivity contribution in [3.8, 4) is 16.3 Å². The van der Waals surface area contributed by atoms with Gasteiger partial charge < -0.3 is 14.6 Å². The third-order valence-corrected chi connectivity index (χ3v) is 8.22. The molecular weight excluding hydrogens is 502 g/mol. The second-order valence-electron chi connectivity index (χ2n) is 8.85. The molecule has 5 aromatic rings. The first-order valence-corrected chi connectivity index (χ1v) is 13.6. The number of ether oxygens (including phenoxy) is 1. The number of nitrogens with zero attached hydrogens (tertiary/aromatic N) is 4. The van der Waals surface area contributed by atoms with Gasteiger partial charge in [0.05, 0.1) is 16.0 Å². The van der Waals surface area contributed by atoms with Crippen LogP contribution in [-0.4, -0.2) is 31.4 Å². The average Bonchev–Trinajstić information content (AvgIpc) is 3.47. The van der Waals surface area contributed by atoms with Crippen LogP contribution in [0.3, 0.4) is 0 Å². The lowest BCUT2D eigenvalue weighted by molar-refractivity contribution is -0.113. The Balaban J connectivity index is 1.15. The number of aryl methyl sites for hydroxylation is 2. The number of fused-ring (bicyclic) bond motifs is 1. The summed E-state index contributed by atoms with van der Waals surface area (Å²) in [7, 11) is 1.88. The highest BCUT2D eigenvalue weighted by Crippen LogP contribution is 2.31. The molecule has 0 aliphatic rings. The molecular formula is C28H27N5O2S2. The lowest BCUT2D eigenvalue weighted by Crippen LogP contribution is -2.14. The number of hydrogen-bond acceptors (Lipinski definition) is 7. The van der Waals surface area contributed by atoms with E-state index in [0.717, 1.165) is 33.1 Å². The number of rotatable bonds is 8. The van der Waals surface area contributed by atoms with Crippen LogP contribution in [0.25, 0.3) is 20.8 Å². The van der Waals surface area contributed by atoms with Gasteiger partial charge in [0.2, 0.25) is 5.91 Å². The molecule has 9 heteroatoms. The lowest BCUT2D eigenvalue weighted by Gasteiger charge is -2.10. The smallest absolute Gasteiger partial charge is 0.234 e. The molecule has 0 saturated carbocycles. The fourth-order valence-electron chi connectivity index (χ4n) is 3.80. The minimum atomic E-state index is -0.107. The molecule has 0 unspecified atom stereocenters. The second kappa shape index (κ2) is 10.7. The summed E-state index contributed by atoms with van der Waals surface area (Å²) in [5.74, 6) is 1.65. The van der Waals surface area contributed by atoms with Crippen molar-refractivity contribution in [2.75, 3.05) is 11.1 Å². The summed E-state index contributed by atoms with van der Waals surface area (Å²) in [5.41, 5.74) is 6.29. The van der Waals surface area contributed by atoms with Crippen LogP contribution >= 0.6 is 23.1 Å². The maximum atomic E-state index is 12.6. The van der Waals surface area contributed by atoms with Crippen molar-refractivity contribution in [2.24, 2.45) is 7.05 Å². The number of nitrogens with one attached hydrogen (secondary N) is 1.